The summed E-state index contributed by atoms with van der Waals surface area (Å²) in [5, 5.41) is 0. The molecule has 0 bridgehead atoms. The van der Waals surface area contributed by atoms with Crippen LogP contribution in [0.3, 0.4) is 0 Å². The van der Waals surface area contributed by atoms with Crippen LogP contribution in [0.25, 0.3) is 0 Å². The van der Waals surface area contributed by atoms with E-state index in [1.54, 1.807) is 0 Å². The van der Waals surface area contributed by atoms with Gasteiger partial charge in [-0.25, -0.2) is 0 Å². The van der Waals surface area contributed by atoms with Crippen molar-refractivity contribution in [3.05, 3.63) is 12.2 Å². The monoisotopic (exact) mass is 1060 g/mol. The summed E-state index contributed by atoms with van der Waals surface area (Å²) in [6.07, 6.45) is 76.5. The maximum absolute atomic E-state index is 12.9. The van der Waals surface area contributed by atoms with E-state index in [1.165, 1.54) is 295 Å². The largest absolute Gasteiger partial charge is 0.462 e. The molecule has 0 fully saturated rings. The highest BCUT2D eigenvalue weighted by Crippen LogP contribution is 2.19. The van der Waals surface area contributed by atoms with Gasteiger partial charge in [-0.3, -0.25) is 14.4 Å². The van der Waals surface area contributed by atoms with Crippen molar-refractivity contribution in [2.24, 2.45) is 0 Å². The molecule has 0 aromatic heterocycles. The summed E-state index contributed by atoms with van der Waals surface area (Å²) in [4.78, 5) is 38.4. The molecule has 0 aromatic rings. The standard InChI is InChI=1S/C69H132O6/c1-4-7-10-13-16-19-22-25-28-31-33-34-36-39-42-45-48-51-54-57-60-63-69(72)75-66(64-73-67(70)61-58-55-52-49-46-43-40-37-30-27-24-21-18-15-12-9-6-3)65-74-68(71)62-59-56-53-50-47-44-41-38-35-32-29-26-23-20-17-14-11-8-5-2/h27,30,66H,4-26,28-29,31-65H2,1-3H3/b30-27-/t66-/m1/s1. The molecule has 0 rings (SSSR count). The quantitative estimate of drug-likeness (QED) is 0.0261. The van der Waals surface area contributed by atoms with Crippen molar-refractivity contribution >= 4 is 17.9 Å². The molecule has 0 N–H and O–H groups in total. The van der Waals surface area contributed by atoms with Gasteiger partial charge in [0, 0.05) is 19.3 Å². The fourth-order valence-electron chi connectivity index (χ4n) is 10.6. The van der Waals surface area contributed by atoms with E-state index in [0.29, 0.717) is 19.3 Å². The van der Waals surface area contributed by atoms with Crippen LogP contribution in [0.2, 0.25) is 0 Å². The minimum absolute atomic E-state index is 0.0643. The van der Waals surface area contributed by atoms with Crippen LogP contribution in [-0.4, -0.2) is 37.2 Å². The van der Waals surface area contributed by atoms with E-state index in [2.05, 4.69) is 32.9 Å². The molecule has 444 valence electrons. The van der Waals surface area contributed by atoms with E-state index in [9.17, 15) is 14.4 Å². The predicted molar refractivity (Wildman–Crippen MR) is 326 cm³/mol. The molecule has 0 amide bonds. The number of unbranched alkanes of at least 4 members (excludes halogenated alkanes) is 51. The molecule has 0 aliphatic carbocycles. The zero-order valence-corrected chi connectivity index (χ0v) is 51.1. The third-order valence-electron chi connectivity index (χ3n) is 15.8. The van der Waals surface area contributed by atoms with E-state index in [1.807, 2.05) is 0 Å². The topological polar surface area (TPSA) is 78.9 Å². The zero-order chi connectivity index (χ0) is 54.3. The number of hydrogen-bond donors (Lipinski definition) is 0. The molecule has 0 unspecified atom stereocenters. The van der Waals surface area contributed by atoms with Gasteiger partial charge in [0.2, 0.25) is 0 Å². The van der Waals surface area contributed by atoms with Gasteiger partial charge in [0.15, 0.2) is 6.10 Å². The van der Waals surface area contributed by atoms with Gasteiger partial charge in [0.05, 0.1) is 0 Å². The Morgan fingerprint density at radius 2 is 0.440 bits per heavy atom. The predicted octanol–water partition coefficient (Wildman–Crippen LogP) is 23.2. The molecule has 0 saturated carbocycles. The Kier molecular flexibility index (Phi) is 63.1. The Morgan fingerprint density at radius 1 is 0.253 bits per heavy atom. The van der Waals surface area contributed by atoms with Crippen LogP contribution >= 0.6 is 0 Å². The summed E-state index contributed by atoms with van der Waals surface area (Å²) >= 11 is 0. The zero-order valence-electron chi connectivity index (χ0n) is 51.1. The molecular weight excluding hydrogens is 925 g/mol. The summed E-state index contributed by atoms with van der Waals surface area (Å²) < 4.78 is 17.0. The van der Waals surface area contributed by atoms with E-state index in [-0.39, 0.29) is 31.1 Å². The van der Waals surface area contributed by atoms with Gasteiger partial charge in [-0.05, 0) is 44.9 Å². The highest BCUT2D eigenvalue weighted by Gasteiger charge is 2.19. The van der Waals surface area contributed by atoms with Gasteiger partial charge in [-0.1, -0.05) is 341 Å². The maximum atomic E-state index is 12.9. The molecule has 0 aliphatic rings. The lowest BCUT2D eigenvalue weighted by Crippen LogP contribution is -2.30. The minimum atomic E-state index is -0.768. The third kappa shape index (κ3) is 62.9. The van der Waals surface area contributed by atoms with Crippen LogP contribution in [0.4, 0.5) is 0 Å². The van der Waals surface area contributed by atoms with Crippen molar-refractivity contribution < 1.29 is 28.6 Å². The van der Waals surface area contributed by atoms with E-state index < -0.39 is 6.10 Å². The SMILES string of the molecule is CCCCCCCC/C=C\CCCCCCCCCC(=O)OC[C@H](COC(=O)CCCCCCCCCCCCCCCCCCCCC)OC(=O)CCCCCCCCCCCCCCCCCCCCCCC. The Morgan fingerprint density at radius 3 is 0.667 bits per heavy atom. The minimum Gasteiger partial charge on any atom is -0.462 e. The van der Waals surface area contributed by atoms with Gasteiger partial charge < -0.3 is 14.2 Å². The van der Waals surface area contributed by atoms with E-state index in [4.69, 9.17) is 14.2 Å². The van der Waals surface area contributed by atoms with Gasteiger partial charge in [-0.2, -0.15) is 0 Å². The molecule has 0 radical (unpaired) electrons. The van der Waals surface area contributed by atoms with Crippen molar-refractivity contribution in [3.63, 3.8) is 0 Å². The van der Waals surface area contributed by atoms with Gasteiger partial charge >= 0.3 is 17.9 Å². The second-order valence-corrected chi connectivity index (χ2v) is 23.5. The number of hydrogen-bond acceptors (Lipinski definition) is 6. The molecule has 1 atom stereocenters. The molecule has 0 aliphatic heterocycles. The number of rotatable bonds is 64. The summed E-state index contributed by atoms with van der Waals surface area (Å²) in [5.41, 5.74) is 0. The van der Waals surface area contributed by atoms with Crippen molar-refractivity contribution in [1.29, 1.82) is 0 Å². The summed E-state index contributed by atoms with van der Waals surface area (Å²) in [5.74, 6) is -0.833. The molecule has 0 saturated heterocycles. The van der Waals surface area contributed by atoms with Crippen LogP contribution in [-0.2, 0) is 28.6 Å². The molecule has 75 heavy (non-hydrogen) atoms. The summed E-state index contributed by atoms with van der Waals surface area (Å²) in [7, 11) is 0. The number of ether oxygens (including phenoxy) is 3. The molecular formula is C69H132O6. The van der Waals surface area contributed by atoms with Crippen LogP contribution in [0.5, 0.6) is 0 Å². The van der Waals surface area contributed by atoms with Gasteiger partial charge in [0.1, 0.15) is 13.2 Å². The van der Waals surface area contributed by atoms with E-state index >= 15 is 0 Å². The lowest BCUT2D eigenvalue weighted by atomic mass is 10.0. The first-order valence-electron chi connectivity index (χ1n) is 34.2. The van der Waals surface area contributed by atoms with Crippen molar-refractivity contribution in [2.45, 2.75) is 399 Å². The van der Waals surface area contributed by atoms with Crippen molar-refractivity contribution in [2.75, 3.05) is 13.2 Å². The average molecular weight is 1060 g/mol. The second-order valence-electron chi connectivity index (χ2n) is 23.5. The van der Waals surface area contributed by atoms with Gasteiger partial charge in [-0.15, -0.1) is 0 Å². The second kappa shape index (κ2) is 64.7. The lowest BCUT2D eigenvalue weighted by Gasteiger charge is -2.18. The number of allylic oxidation sites excluding steroid dienone is 2. The van der Waals surface area contributed by atoms with Crippen molar-refractivity contribution in [1.82, 2.24) is 0 Å². The first-order chi connectivity index (χ1) is 37.0. The first kappa shape index (κ1) is 73.2. The van der Waals surface area contributed by atoms with Crippen molar-refractivity contribution in [3.8, 4) is 0 Å². The Bertz CT molecular complexity index is 1170. The highest BCUT2D eigenvalue weighted by atomic mass is 16.6. The Hall–Kier alpha value is -1.85. The molecule has 6 heteroatoms. The van der Waals surface area contributed by atoms with Gasteiger partial charge in [0.25, 0.3) is 0 Å². The van der Waals surface area contributed by atoms with Crippen LogP contribution in [0.15, 0.2) is 12.2 Å². The first-order valence-corrected chi connectivity index (χ1v) is 34.2. The molecule has 0 aromatic carbocycles. The summed E-state index contributed by atoms with van der Waals surface area (Å²) in [6.45, 7) is 6.72. The summed E-state index contributed by atoms with van der Waals surface area (Å²) in [6, 6.07) is 0. The Labute approximate surface area is 469 Å². The smallest absolute Gasteiger partial charge is 0.306 e. The van der Waals surface area contributed by atoms with E-state index in [0.717, 1.165) is 57.8 Å². The fourth-order valence-corrected chi connectivity index (χ4v) is 10.6. The van der Waals surface area contributed by atoms with Crippen LogP contribution in [0, 0.1) is 0 Å². The number of carbonyl (C=O) groups excluding carboxylic acids is 3. The third-order valence-corrected chi connectivity index (χ3v) is 15.8. The van der Waals surface area contributed by atoms with Crippen LogP contribution < -0.4 is 0 Å². The molecule has 6 nitrogen and oxygen atoms in total. The normalized spacial score (nSPS) is 12.0. The average Bonchev–Trinajstić information content (AvgIpc) is 3.41. The number of carbonyl (C=O) groups is 3. The highest BCUT2D eigenvalue weighted by molar-refractivity contribution is 5.71. The number of esters is 3. The molecule has 0 heterocycles. The maximum Gasteiger partial charge on any atom is 0.306 e. The lowest BCUT2D eigenvalue weighted by molar-refractivity contribution is -0.167. The molecule has 0 spiro atoms. The fraction of sp³-hybridized carbons (Fsp3) is 0.928. The Balaban J connectivity index is 4.29. The van der Waals surface area contributed by atoms with Crippen LogP contribution in [0.1, 0.15) is 393 Å².